The van der Waals surface area contributed by atoms with Gasteiger partial charge in [0.2, 0.25) is 5.79 Å². The zero-order valence-electron chi connectivity index (χ0n) is 23.6. The Morgan fingerprint density at radius 3 is 2.26 bits per heavy atom. The molecule has 4 aliphatic rings. The van der Waals surface area contributed by atoms with E-state index in [-0.39, 0.29) is 47.5 Å². The van der Waals surface area contributed by atoms with Crippen LogP contribution >= 0.6 is 0 Å². The van der Waals surface area contributed by atoms with Crippen LogP contribution in [0.4, 0.5) is 0 Å². The number of phenols is 2. The van der Waals surface area contributed by atoms with Gasteiger partial charge in [-0.1, -0.05) is 39.8 Å². The quantitative estimate of drug-likeness (QED) is 0.383. The van der Waals surface area contributed by atoms with Crippen LogP contribution in [0.2, 0.25) is 0 Å². The molecule has 1 saturated heterocycles. The Bertz CT molecular complexity index is 1200. The third-order valence-corrected chi connectivity index (χ3v) is 7.71. The van der Waals surface area contributed by atoms with Gasteiger partial charge < -0.3 is 29.2 Å². The molecule has 5 atom stereocenters. The number of phenolic OH excluding ortho intramolecular Hbond substituents is 2. The van der Waals surface area contributed by atoms with Crippen molar-refractivity contribution in [2.75, 3.05) is 0 Å². The van der Waals surface area contributed by atoms with Crippen LogP contribution < -0.4 is 9.47 Å². The van der Waals surface area contributed by atoms with Crippen LogP contribution in [0.1, 0.15) is 65.5 Å². The molecule has 2 aliphatic heterocycles. The zero-order chi connectivity index (χ0) is 28.5. The predicted molar refractivity (Wildman–Crippen MR) is 145 cm³/mol. The second-order valence-electron chi connectivity index (χ2n) is 11.4. The Hall–Kier alpha value is -3.42. The Balaban J connectivity index is 0.000000140. The summed E-state index contributed by atoms with van der Waals surface area (Å²) < 4.78 is 22.0. The number of esters is 2. The minimum Gasteiger partial charge on any atom is -0.504 e. The van der Waals surface area contributed by atoms with E-state index in [0.29, 0.717) is 11.8 Å². The highest BCUT2D eigenvalue weighted by molar-refractivity contribution is 5.77. The molecule has 2 aromatic rings. The molecule has 2 N–H and O–H groups in total. The minimum absolute atomic E-state index is 0.0423. The number of benzene rings is 2. The number of rotatable bonds is 4. The molecular formula is C31H40O8. The SMILES string of the molecule is CC(C)C(=O)OC1C2CC3C(=O)OC1C3C2.CCc1ccc(O)c(O)c1.CCc1ccc2c(c1)OC(C)(C)O2. The van der Waals surface area contributed by atoms with Crippen molar-refractivity contribution in [3.8, 4) is 23.0 Å². The van der Waals surface area contributed by atoms with Crippen LogP contribution in [0, 0.1) is 23.7 Å². The number of carbonyl (C=O) groups excluding carboxylic acids is 2. The largest absolute Gasteiger partial charge is 0.504 e. The van der Waals surface area contributed by atoms with Crippen molar-refractivity contribution >= 4 is 11.9 Å². The summed E-state index contributed by atoms with van der Waals surface area (Å²) >= 11 is 0. The molecule has 0 amide bonds. The monoisotopic (exact) mass is 540 g/mol. The third kappa shape index (κ3) is 6.26. The summed E-state index contributed by atoms with van der Waals surface area (Å²) in [5, 5.41) is 17.9. The van der Waals surface area contributed by atoms with E-state index in [1.807, 2.05) is 46.8 Å². The summed E-state index contributed by atoms with van der Waals surface area (Å²) in [6.07, 6.45) is 3.39. The van der Waals surface area contributed by atoms with Gasteiger partial charge in [-0.15, -0.1) is 0 Å². The molecule has 212 valence electrons. The van der Waals surface area contributed by atoms with Gasteiger partial charge in [0.05, 0.1) is 11.8 Å². The highest BCUT2D eigenvalue weighted by atomic mass is 16.7. The average molecular weight is 541 g/mol. The van der Waals surface area contributed by atoms with Crippen molar-refractivity contribution in [2.24, 2.45) is 23.7 Å². The fourth-order valence-electron chi connectivity index (χ4n) is 5.61. The summed E-state index contributed by atoms with van der Waals surface area (Å²) in [7, 11) is 0. The summed E-state index contributed by atoms with van der Waals surface area (Å²) in [5.74, 6) is 1.46. The van der Waals surface area contributed by atoms with Crippen LogP contribution in [0.15, 0.2) is 36.4 Å². The molecule has 2 aromatic carbocycles. The second-order valence-corrected chi connectivity index (χ2v) is 11.4. The van der Waals surface area contributed by atoms with Crippen molar-refractivity contribution in [1.29, 1.82) is 0 Å². The fourth-order valence-corrected chi connectivity index (χ4v) is 5.61. The predicted octanol–water partition coefficient (Wildman–Crippen LogP) is 5.55. The van der Waals surface area contributed by atoms with E-state index >= 15 is 0 Å². The molecule has 6 rings (SSSR count). The molecule has 0 aromatic heterocycles. The lowest BCUT2D eigenvalue weighted by Gasteiger charge is -2.25. The van der Waals surface area contributed by atoms with E-state index in [4.69, 9.17) is 29.2 Å². The maximum atomic E-state index is 11.6. The van der Waals surface area contributed by atoms with Crippen molar-refractivity contribution in [2.45, 2.75) is 85.2 Å². The van der Waals surface area contributed by atoms with Crippen LogP contribution in [-0.2, 0) is 31.9 Å². The van der Waals surface area contributed by atoms with Gasteiger partial charge in [0.1, 0.15) is 12.2 Å². The molecule has 2 bridgehead atoms. The van der Waals surface area contributed by atoms with Gasteiger partial charge in [0.15, 0.2) is 23.0 Å². The van der Waals surface area contributed by atoms with Gasteiger partial charge in [-0.25, -0.2) is 0 Å². The first-order valence-electron chi connectivity index (χ1n) is 13.8. The summed E-state index contributed by atoms with van der Waals surface area (Å²) in [6, 6.07) is 10.9. The van der Waals surface area contributed by atoms with Gasteiger partial charge in [0.25, 0.3) is 0 Å². The highest BCUT2D eigenvalue weighted by Gasteiger charge is 2.63. The summed E-state index contributed by atoms with van der Waals surface area (Å²) in [4.78, 5) is 23.1. The normalized spacial score (nSPS) is 26.3. The maximum absolute atomic E-state index is 11.6. The zero-order valence-corrected chi connectivity index (χ0v) is 23.6. The van der Waals surface area contributed by atoms with E-state index in [1.165, 1.54) is 11.6 Å². The van der Waals surface area contributed by atoms with E-state index in [0.717, 1.165) is 42.7 Å². The van der Waals surface area contributed by atoms with E-state index < -0.39 is 5.79 Å². The molecule has 5 unspecified atom stereocenters. The Morgan fingerprint density at radius 1 is 0.974 bits per heavy atom. The van der Waals surface area contributed by atoms with Crippen LogP contribution in [0.25, 0.3) is 0 Å². The van der Waals surface area contributed by atoms with Gasteiger partial charge in [-0.3, -0.25) is 9.59 Å². The number of hydrogen-bond donors (Lipinski definition) is 2. The van der Waals surface area contributed by atoms with Crippen LogP contribution in [0.5, 0.6) is 23.0 Å². The van der Waals surface area contributed by atoms with Crippen LogP contribution in [-0.4, -0.2) is 40.1 Å². The number of aryl methyl sites for hydroxylation is 2. The lowest BCUT2D eigenvalue weighted by atomic mass is 9.88. The Morgan fingerprint density at radius 2 is 1.62 bits per heavy atom. The van der Waals surface area contributed by atoms with Crippen molar-refractivity contribution in [3.05, 3.63) is 47.5 Å². The van der Waals surface area contributed by atoms with Crippen LogP contribution in [0.3, 0.4) is 0 Å². The molecule has 3 fully saturated rings. The number of fused-ring (bicyclic) bond motifs is 2. The van der Waals surface area contributed by atoms with Gasteiger partial charge in [-0.05, 0) is 61.1 Å². The van der Waals surface area contributed by atoms with Crippen molar-refractivity contribution < 1.29 is 38.7 Å². The lowest BCUT2D eigenvalue weighted by Crippen LogP contribution is -2.36. The standard InChI is InChI=1S/C12H16O4.C11H14O2.C8H10O2/c1-5(2)11(13)15-9-6-3-7-8(4-6)12(14)16-10(7)9;1-4-8-5-6-9-10(7-8)13-11(2,3)12-9;1-2-6-3-4-7(9)8(10)5-6/h5-10H,3-4H2,1-2H3;5-7H,4H2,1-3H3;3-5,9-10H,2H2,1H3. The number of ether oxygens (including phenoxy) is 4. The minimum atomic E-state index is -0.505. The topological polar surface area (TPSA) is 112 Å². The number of carbonyl (C=O) groups is 2. The summed E-state index contributed by atoms with van der Waals surface area (Å²) in [6.45, 7) is 11.6. The van der Waals surface area contributed by atoms with Crippen molar-refractivity contribution in [1.82, 2.24) is 0 Å². The number of aromatic hydroxyl groups is 2. The molecule has 8 nitrogen and oxygen atoms in total. The first-order valence-corrected chi connectivity index (χ1v) is 13.8. The molecule has 39 heavy (non-hydrogen) atoms. The van der Waals surface area contributed by atoms with E-state index in [1.54, 1.807) is 12.1 Å². The Kier molecular flexibility index (Phi) is 8.33. The number of hydrogen-bond acceptors (Lipinski definition) is 8. The Labute approximate surface area is 230 Å². The fraction of sp³-hybridized carbons (Fsp3) is 0.548. The van der Waals surface area contributed by atoms with E-state index in [2.05, 4.69) is 13.0 Å². The molecule has 2 saturated carbocycles. The van der Waals surface area contributed by atoms with E-state index in [9.17, 15) is 9.59 Å². The van der Waals surface area contributed by atoms with Gasteiger partial charge in [-0.2, -0.15) is 0 Å². The average Bonchev–Trinajstić information content (AvgIpc) is 3.60. The van der Waals surface area contributed by atoms with Gasteiger partial charge in [0, 0.05) is 25.7 Å². The lowest BCUT2D eigenvalue weighted by molar-refractivity contribution is -0.164. The smallest absolute Gasteiger partial charge is 0.309 e. The van der Waals surface area contributed by atoms with Gasteiger partial charge >= 0.3 is 11.9 Å². The van der Waals surface area contributed by atoms with Crippen molar-refractivity contribution in [3.63, 3.8) is 0 Å². The highest BCUT2D eigenvalue weighted by Crippen LogP contribution is 2.55. The molecule has 0 spiro atoms. The molecular weight excluding hydrogens is 500 g/mol. The first kappa shape index (κ1) is 28.6. The molecule has 2 aliphatic carbocycles. The second kappa shape index (κ2) is 11.4. The first-order chi connectivity index (χ1) is 18.4. The maximum Gasteiger partial charge on any atom is 0.309 e. The molecule has 8 heteroatoms. The molecule has 0 radical (unpaired) electrons. The summed E-state index contributed by atoms with van der Waals surface area (Å²) in [5.41, 5.74) is 2.30. The third-order valence-electron chi connectivity index (χ3n) is 7.71. The molecule has 2 heterocycles.